The van der Waals surface area contributed by atoms with Crippen LogP contribution in [0, 0.1) is 23.3 Å². The fraction of sp³-hybridized carbons (Fsp3) is 0.361. The molecule has 10 nitrogen and oxygen atoms in total. The van der Waals surface area contributed by atoms with Gasteiger partial charge in [0.1, 0.15) is 66.2 Å². The molecule has 0 aliphatic heterocycles. The third-order valence-corrected chi connectivity index (χ3v) is 41.4. The van der Waals surface area contributed by atoms with E-state index in [9.17, 15) is 27.5 Å². The number of carbonyl (C=O) groups is 1. The standard InChI is InChI=1S/C20H20FNOS.C18H15BrFNOS.C16H13ClFNS.C14H17BFO2S.C8H9Cl2N.C5H2Cl3N.C4H7O.3C4H9.Sn/c1-5-23-13(4)18-9-14(12(2)3)10-19(22-18)16-11-24-20-15(16)7-6-8-17(20)21;1-10(2)11-6-15(21-16(7-11)17(22)8-19)13-9-23-18-12(13)4-3-5-14(18)20;1-9(2)10-6-14(19-15(17)7-10)12-8-20-16-11(12)4-3-5-13(16)18;1-13(2,17)14(3,4)18-15-10-8-19-12-9(10)6-5-7-11(12)16;1-5(2)6-3-7(9)11-8(10)4-6;6-3-1-4(7)9-5(8)2-3;1-3-5-4-2;3*1-3-4-2;/h6-12H,4-5H2,1-3H3;3-7,9-10H,8H2,1-2H3;3-9H,1-2H3;5-8,17H,1-4H3;3-5H,1-2H3;1-2H;1,4H2,2H3;3*1,3-4H2,2H3;. The SMILES string of the molecule is C=C(OCC)c1cc(C(C)C)cc(-c2csc3c(F)cccc23)n1.C=[C](OCC)[Sn]([CH2]CCC)([CH2]CCC)[CH2]CCC.CC(C)(O)C(C)(C)O[B]c1csc2c(F)cccc12.CC(C)c1cc(C(=O)CBr)nc(-c2csc3c(F)cccc23)c1.CC(C)c1cc(Cl)nc(-c2csc3c(F)cccc23)c1.CC(C)c1cc(Cl)nc(Cl)c1.Clc1cc(Cl)nc(Cl)c1. The van der Waals surface area contributed by atoms with Gasteiger partial charge in [-0.25, -0.2) is 42.5 Å². The molecular weight excluding hydrogens is 1940 g/mol. The molecule has 0 atom stereocenters. The average molecular weight is 2050 g/mol. The van der Waals surface area contributed by atoms with E-state index in [0.29, 0.717) is 85.4 Å². The first-order valence-corrected chi connectivity index (χ1v) is 55.8. The van der Waals surface area contributed by atoms with Gasteiger partial charge in [0.25, 0.3) is 0 Å². The molecule has 0 saturated heterocycles. The van der Waals surface area contributed by atoms with Crippen molar-refractivity contribution in [2.45, 2.75) is 204 Å². The number of Topliss-reactive ketones (excluding diaryl/α,β-unsaturated/α-hetero) is 1. The second-order valence-electron chi connectivity index (χ2n) is 31.8. The van der Waals surface area contributed by atoms with Gasteiger partial charge in [-0.3, -0.25) is 4.79 Å². The second kappa shape index (κ2) is 50.2. The van der Waals surface area contributed by atoms with Crippen LogP contribution >= 0.6 is 131 Å². The maximum absolute atomic E-state index is 14.0. The number of thiophene rings is 4. The number of carbonyl (C=O) groups excluding carboxylic acids is 1. The number of pyridine rings is 5. The third-order valence-electron chi connectivity index (χ3n) is 20.7. The first-order chi connectivity index (χ1) is 58.7. The monoisotopic (exact) mass is 2050 g/mol. The number of hydrogen-bond donors (Lipinski definition) is 1. The van der Waals surface area contributed by atoms with Crippen LogP contribution in [-0.4, -0.2) is 91.4 Å². The van der Waals surface area contributed by atoms with Gasteiger partial charge in [-0.1, -0.05) is 196 Å². The molecule has 1 N–H and O–H groups in total. The predicted octanol–water partition coefficient (Wildman–Crippen LogP) is 33.2. The fourth-order valence-corrected chi connectivity index (χ4v) is 32.9. The molecule has 27 heteroatoms. The first kappa shape index (κ1) is 105. The number of nitrogens with zero attached hydrogens (tertiary/aromatic N) is 5. The minimum atomic E-state index is -2.24. The Bertz CT molecular complexity index is 5610. The largest absolute Gasteiger partial charge is 0.427 e. The summed E-state index contributed by atoms with van der Waals surface area (Å²) in [4.78, 5) is 33.2. The van der Waals surface area contributed by atoms with Crippen LogP contribution in [0.25, 0.3) is 79.9 Å². The summed E-state index contributed by atoms with van der Waals surface area (Å²) in [6.45, 7) is 44.5. The average Bonchev–Trinajstić information content (AvgIpc) is 1.59. The molecule has 0 unspecified atom stereocenters. The second-order valence-corrected chi connectivity index (χ2v) is 51.4. The number of halogens is 11. The number of ketones is 1. The van der Waals surface area contributed by atoms with Crippen LogP contribution in [0.5, 0.6) is 0 Å². The molecule has 4 aromatic carbocycles. The molecule has 0 aliphatic rings. The normalized spacial score (nSPS) is 11.4. The van der Waals surface area contributed by atoms with E-state index < -0.39 is 29.6 Å². The smallest absolute Gasteiger partial charge is 0.332 e. The number of aromatic nitrogens is 5. The van der Waals surface area contributed by atoms with Crippen LogP contribution in [0.2, 0.25) is 44.1 Å². The van der Waals surface area contributed by atoms with Gasteiger partial charge in [0.15, 0.2) is 5.78 Å². The minimum Gasteiger partial charge on any atom is -0.427 e. The Balaban J connectivity index is 0.000000202. The molecule has 9 aromatic heterocycles. The minimum absolute atomic E-state index is 0.0561. The van der Waals surface area contributed by atoms with Crippen molar-refractivity contribution < 1.29 is 41.6 Å². The molecule has 1 radical (unpaired) electrons. The molecule has 124 heavy (non-hydrogen) atoms. The van der Waals surface area contributed by atoms with Crippen molar-refractivity contribution in [3.63, 3.8) is 0 Å². The summed E-state index contributed by atoms with van der Waals surface area (Å²) in [5.41, 5.74) is 9.88. The van der Waals surface area contributed by atoms with E-state index in [1.807, 2.05) is 109 Å². The summed E-state index contributed by atoms with van der Waals surface area (Å²) >= 11 is 40.5. The summed E-state index contributed by atoms with van der Waals surface area (Å²) in [5.74, 6) is 1.11. The van der Waals surface area contributed by atoms with Gasteiger partial charge in [0.2, 0.25) is 0 Å². The van der Waals surface area contributed by atoms with Crippen LogP contribution in [0.15, 0.2) is 172 Å². The number of fused-ring (bicyclic) bond motifs is 4. The Morgan fingerprint density at radius 3 is 1.16 bits per heavy atom. The van der Waals surface area contributed by atoms with Crippen LogP contribution in [-0.2, 0) is 14.1 Å². The molecule has 13 aromatic rings. The molecule has 0 amide bonds. The number of rotatable bonds is 28. The van der Waals surface area contributed by atoms with Crippen molar-refractivity contribution in [1.29, 1.82) is 0 Å². The van der Waals surface area contributed by atoms with Crippen molar-refractivity contribution in [3.05, 3.63) is 260 Å². The zero-order valence-corrected chi connectivity index (χ0v) is 85.6. The fourth-order valence-electron chi connectivity index (χ4n) is 12.7. The van der Waals surface area contributed by atoms with E-state index in [1.165, 1.54) is 137 Å². The number of aliphatic hydroxyl groups is 1. The topological polar surface area (TPSA) is 129 Å². The van der Waals surface area contributed by atoms with Crippen molar-refractivity contribution in [3.8, 4) is 33.8 Å². The Kier molecular flexibility index (Phi) is 42.5. The van der Waals surface area contributed by atoms with Crippen molar-refractivity contribution in [1.82, 2.24) is 24.9 Å². The van der Waals surface area contributed by atoms with E-state index >= 15 is 0 Å². The van der Waals surface area contributed by atoms with E-state index in [0.717, 1.165) is 95.3 Å². The van der Waals surface area contributed by atoms with Gasteiger partial charge in [0, 0.05) is 54.0 Å². The van der Waals surface area contributed by atoms with Gasteiger partial charge in [-0.15, -0.1) is 45.3 Å². The first-order valence-electron chi connectivity index (χ1n) is 41.4. The summed E-state index contributed by atoms with van der Waals surface area (Å²) in [7, 11) is 1.59. The molecule has 661 valence electrons. The molecule has 0 saturated carbocycles. The van der Waals surface area contributed by atoms with Crippen molar-refractivity contribution in [2.24, 2.45) is 0 Å². The molecule has 0 spiro atoms. The van der Waals surface area contributed by atoms with Gasteiger partial charge < -0.3 is 14.5 Å². The molecule has 0 fully saturated rings. The zero-order chi connectivity index (χ0) is 91.5. The van der Waals surface area contributed by atoms with Crippen molar-refractivity contribution >= 4 is 214 Å². The Hall–Kier alpha value is -6.06. The van der Waals surface area contributed by atoms with E-state index in [4.69, 9.17) is 88.7 Å². The third kappa shape index (κ3) is 30.0. The van der Waals surface area contributed by atoms with E-state index in [1.54, 1.807) is 45.6 Å². The molecule has 0 bridgehead atoms. The Morgan fingerprint density at radius 2 is 0.798 bits per heavy atom. The maximum Gasteiger partial charge on any atom is 0.332 e. The van der Waals surface area contributed by atoms with E-state index in [-0.39, 0.29) is 40.3 Å². The molecule has 13 rings (SSSR count). The predicted molar refractivity (Wildman–Crippen MR) is 533 cm³/mol. The molecule has 9 heterocycles. The van der Waals surface area contributed by atoms with Crippen LogP contribution in [0.1, 0.15) is 218 Å². The van der Waals surface area contributed by atoms with E-state index in [2.05, 4.69) is 138 Å². The number of alkyl halides is 1. The van der Waals surface area contributed by atoms with Gasteiger partial charge in [-0.2, -0.15) is 0 Å². The van der Waals surface area contributed by atoms with Crippen LogP contribution < -0.4 is 5.46 Å². The maximum atomic E-state index is 14.0. The summed E-state index contributed by atoms with van der Waals surface area (Å²) in [5, 5.41) is 23.9. The van der Waals surface area contributed by atoms with Crippen molar-refractivity contribution in [2.75, 3.05) is 18.5 Å². The number of hydrogen-bond acceptors (Lipinski definition) is 14. The molecular formula is C97H110BBrCl6F4N5O5S4Sn. The van der Waals surface area contributed by atoms with Crippen LogP contribution in [0.3, 0.4) is 0 Å². The Morgan fingerprint density at radius 1 is 0.468 bits per heavy atom. The van der Waals surface area contributed by atoms with Crippen LogP contribution in [0.4, 0.5) is 17.6 Å². The van der Waals surface area contributed by atoms with Gasteiger partial charge >= 0.3 is 127 Å². The summed E-state index contributed by atoms with van der Waals surface area (Å²) in [6.07, 6.45) is 8.10. The number of unbranched alkanes of at least 4 members (excludes halogenated alkanes) is 3. The molecule has 0 aliphatic carbocycles. The Labute approximate surface area is 789 Å². The zero-order valence-electron chi connectivity index (χ0n) is 73.4. The van der Waals surface area contributed by atoms with Gasteiger partial charge in [-0.05, 0) is 182 Å². The number of benzene rings is 4. The number of ether oxygens (including phenoxy) is 2. The quantitative estimate of drug-likeness (QED) is 0.0126. The van der Waals surface area contributed by atoms with Gasteiger partial charge in [0.05, 0.1) is 59.0 Å². The summed E-state index contributed by atoms with van der Waals surface area (Å²) in [6, 6.07) is 38.9. The summed E-state index contributed by atoms with van der Waals surface area (Å²) < 4.78 is 80.6.